The average Bonchev–Trinajstić information content (AvgIpc) is 2.24. The Morgan fingerprint density at radius 2 is 2.12 bits per heavy atom. The van der Waals surface area contributed by atoms with Gasteiger partial charge in [0.05, 0.1) is 0 Å². The third kappa shape index (κ3) is 3.46. The van der Waals surface area contributed by atoms with Crippen LogP contribution in [-0.4, -0.2) is 18.4 Å². The van der Waals surface area contributed by atoms with Crippen molar-refractivity contribution in [3.63, 3.8) is 0 Å². The minimum Gasteiger partial charge on any atom is -0.384 e. The lowest BCUT2D eigenvalue weighted by molar-refractivity contribution is 0.670. The van der Waals surface area contributed by atoms with E-state index < -0.39 is 0 Å². The molecule has 0 radical (unpaired) electrons. The van der Waals surface area contributed by atoms with Gasteiger partial charge in [0.1, 0.15) is 5.84 Å². The molecule has 3 nitrogen and oxygen atoms in total. The standard InChI is InChI=1S/C13H20BrN3/c1-4-7-17(9(2)3)12-8-10(14)5-6-11(12)13(15)16/h5-6,8-9H,4,7H2,1-3H3,(H3,15,16). The maximum Gasteiger partial charge on any atom is 0.124 e. The Hall–Kier alpha value is -1.03. The summed E-state index contributed by atoms with van der Waals surface area (Å²) in [5.74, 6) is 0.120. The molecule has 0 atom stereocenters. The van der Waals surface area contributed by atoms with Crippen LogP contribution < -0.4 is 10.6 Å². The summed E-state index contributed by atoms with van der Waals surface area (Å²) >= 11 is 3.48. The van der Waals surface area contributed by atoms with Gasteiger partial charge in [0.25, 0.3) is 0 Å². The number of nitrogen functional groups attached to an aromatic ring is 1. The summed E-state index contributed by atoms with van der Waals surface area (Å²) in [6.07, 6.45) is 1.07. The largest absolute Gasteiger partial charge is 0.384 e. The Morgan fingerprint density at radius 1 is 1.47 bits per heavy atom. The molecule has 0 aromatic heterocycles. The van der Waals surface area contributed by atoms with Crippen LogP contribution in [0.5, 0.6) is 0 Å². The van der Waals surface area contributed by atoms with Gasteiger partial charge < -0.3 is 10.6 Å². The number of anilines is 1. The normalized spacial score (nSPS) is 10.6. The van der Waals surface area contributed by atoms with Crippen LogP contribution in [0, 0.1) is 5.41 Å². The predicted octanol–water partition coefficient (Wildman–Crippen LogP) is 3.36. The van der Waals surface area contributed by atoms with E-state index in [2.05, 4.69) is 41.6 Å². The van der Waals surface area contributed by atoms with Crippen LogP contribution in [0.25, 0.3) is 0 Å². The highest BCUT2D eigenvalue weighted by Gasteiger charge is 2.15. The molecule has 0 amide bonds. The number of nitrogens with two attached hydrogens (primary N) is 1. The molecule has 1 aromatic carbocycles. The zero-order chi connectivity index (χ0) is 13.0. The number of hydrogen-bond donors (Lipinski definition) is 2. The first kappa shape index (κ1) is 14.0. The number of rotatable bonds is 5. The van der Waals surface area contributed by atoms with Gasteiger partial charge in [0.15, 0.2) is 0 Å². The number of nitrogens with one attached hydrogen (secondary N) is 1. The second-order valence-corrected chi connectivity index (χ2v) is 5.28. The maximum atomic E-state index is 7.65. The van der Waals surface area contributed by atoms with Gasteiger partial charge in [-0.2, -0.15) is 0 Å². The molecule has 0 bridgehead atoms. The molecule has 17 heavy (non-hydrogen) atoms. The average molecular weight is 298 g/mol. The minimum absolute atomic E-state index is 0.120. The lowest BCUT2D eigenvalue weighted by atomic mass is 10.1. The lowest BCUT2D eigenvalue weighted by Gasteiger charge is -2.30. The summed E-state index contributed by atoms with van der Waals surface area (Å²) in [6, 6.07) is 6.24. The number of nitrogens with zero attached hydrogens (tertiary/aromatic N) is 1. The van der Waals surface area contributed by atoms with Gasteiger partial charge in [-0.1, -0.05) is 22.9 Å². The topological polar surface area (TPSA) is 53.1 Å². The van der Waals surface area contributed by atoms with Crippen molar-refractivity contribution in [3.05, 3.63) is 28.2 Å². The molecule has 0 aliphatic carbocycles. The van der Waals surface area contributed by atoms with Gasteiger partial charge in [-0.3, -0.25) is 5.41 Å². The van der Waals surface area contributed by atoms with E-state index in [0.29, 0.717) is 6.04 Å². The molecule has 0 heterocycles. The molecule has 0 saturated carbocycles. The molecule has 1 aromatic rings. The molecule has 4 heteroatoms. The summed E-state index contributed by atoms with van der Waals surface area (Å²) in [6.45, 7) is 7.43. The monoisotopic (exact) mass is 297 g/mol. The summed E-state index contributed by atoms with van der Waals surface area (Å²) in [5.41, 5.74) is 7.47. The Bertz CT molecular complexity index is 402. The molecular weight excluding hydrogens is 278 g/mol. The van der Waals surface area contributed by atoms with E-state index in [1.54, 1.807) is 0 Å². The zero-order valence-electron chi connectivity index (χ0n) is 10.6. The first-order valence-electron chi connectivity index (χ1n) is 5.88. The van der Waals surface area contributed by atoms with Crippen molar-refractivity contribution in [1.82, 2.24) is 0 Å². The van der Waals surface area contributed by atoms with Crippen LogP contribution in [0.4, 0.5) is 5.69 Å². The number of hydrogen-bond acceptors (Lipinski definition) is 2. The molecule has 0 saturated heterocycles. The van der Waals surface area contributed by atoms with Gasteiger partial charge in [0, 0.05) is 28.3 Å². The summed E-state index contributed by atoms with van der Waals surface area (Å²) < 4.78 is 1.01. The second kappa shape index (κ2) is 6.05. The first-order valence-corrected chi connectivity index (χ1v) is 6.67. The van der Waals surface area contributed by atoms with Crippen molar-refractivity contribution in [2.75, 3.05) is 11.4 Å². The molecule has 94 valence electrons. The van der Waals surface area contributed by atoms with Crippen molar-refractivity contribution in [1.29, 1.82) is 5.41 Å². The highest BCUT2D eigenvalue weighted by molar-refractivity contribution is 9.10. The molecule has 0 spiro atoms. The molecule has 0 fully saturated rings. The molecule has 0 aliphatic rings. The third-order valence-electron chi connectivity index (χ3n) is 2.65. The van der Waals surface area contributed by atoms with E-state index in [1.165, 1.54) is 0 Å². The summed E-state index contributed by atoms with van der Waals surface area (Å²) in [4.78, 5) is 2.28. The van der Waals surface area contributed by atoms with Crippen LogP contribution >= 0.6 is 15.9 Å². The van der Waals surface area contributed by atoms with Crippen LogP contribution in [0.3, 0.4) is 0 Å². The van der Waals surface area contributed by atoms with E-state index in [0.717, 1.165) is 28.7 Å². The molecular formula is C13H20BrN3. The Labute approximate surface area is 112 Å². The van der Waals surface area contributed by atoms with E-state index in [1.807, 2.05) is 18.2 Å². The van der Waals surface area contributed by atoms with E-state index in [-0.39, 0.29) is 5.84 Å². The quantitative estimate of drug-likeness (QED) is 0.647. The highest BCUT2D eigenvalue weighted by Crippen LogP contribution is 2.26. The second-order valence-electron chi connectivity index (χ2n) is 4.36. The maximum absolute atomic E-state index is 7.65. The first-order chi connectivity index (χ1) is 7.97. The zero-order valence-corrected chi connectivity index (χ0v) is 12.2. The van der Waals surface area contributed by atoms with Gasteiger partial charge >= 0.3 is 0 Å². The van der Waals surface area contributed by atoms with Crippen molar-refractivity contribution in [3.8, 4) is 0 Å². The Morgan fingerprint density at radius 3 is 2.59 bits per heavy atom. The fourth-order valence-corrected chi connectivity index (χ4v) is 2.22. The fraction of sp³-hybridized carbons (Fsp3) is 0.462. The van der Waals surface area contributed by atoms with Crippen LogP contribution in [0.1, 0.15) is 32.8 Å². The number of halogens is 1. The molecule has 0 aliphatic heterocycles. The predicted molar refractivity (Wildman–Crippen MR) is 77.9 cm³/mol. The number of amidine groups is 1. The van der Waals surface area contributed by atoms with Gasteiger partial charge in [0.2, 0.25) is 0 Å². The van der Waals surface area contributed by atoms with E-state index in [4.69, 9.17) is 11.1 Å². The van der Waals surface area contributed by atoms with Crippen LogP contribution in [0.15, 0.2) is 22.7 Å². The van der Waals surface area contributed by atoms with Crippen LogP contribution in [-0.2, 0) is 0 Å². The minimum atomic E-state index is 0.120. The van der Waals surface area contributed by atoms with Gasteiger partial charge in [-0.25, -0.2) is 0 Å². The third-order valence-corrected chi connectivity index (χ3v) is 3.14. The van der Waals surface area contributed by atoms with Crippen LogP contribution in [0.2, 0.25) is 0 Å². The number of benzene rings is 1. The van der Waals surface area contributed by atoms with Crippen molar-refractivity contribution in [2.45, 2.75) is 33.2 Å². The summed E-state index contributed by atoms with van der Waals surface area (Å²) in [7, 11) is 0. The van der Waals surface area contributed by atoms with E-state index in [9.17, 15) is 0 Å². The van der Waals surface area contributed by atoms with Crippen molar-refractivity contribution >= 4 is 27.5 Å². The van der Waals surface area contributed by atoms with E-state index >= 15 is 0 Å². The fourth-order valence-electron chi connectivity index (χ4n) is 1.87. The molecule has 0 unspecified atom stereocenters. The Kier molecular flexibility index (Phi) is 5.00. The molecule has 3 N–H and O–H groups in total. The van der Waals surface area contributed by atoms with Crippen molar-refractivity contribution < 1.29 is 0 Å². The SMILES string of the molecule is CCCN(c1cc(Br)ccc1C(=N)N)C(C)C. The van der Waals surface area contributed by atoms with Gasteiger partial charge in [-0.05, 0) is 38.5 Å². The van der Waals surface area contributed by atoms with Crippen molar-refractivity contribution in [2.24, 2.45) is 5.73 Å². The summed E-state index contributed by atoms with van der Waals surface area (Å²) in [5, 5.41) is 7.65. The highest BCUT2D eigenvalue weighted by atomic mass is 79.9. The molecule has 1 rings (SSSR count). The smallest absolute Gasteiger partial charge is 0.124 e. The lowest BCUT2D eigenvalue weighted by Crippen LogP contribution is -2.33. The Balaban J connectivity index is 3.24. The van der Waals surface area contributed by atoms with Gasteiger partial charge in [-0.15, -0.1) is 0 Å².